The summed E-state index contributed by atoms with van der Waals surface area (Å²) in [5.41, 5.74) is 2.53. The molecule has 0 aliphatic carbocycles. The highest BCUT2D eigenvalue weighted by atomic mass is 19.1. The van der Waals surface area contributed by atoms with Crippen LogP contribution in [-0.2, 0) is 0 Å². The molecular weight excluding hydrogens is 203 g/mol. The van der Waals surface area contributed by atoms with Gasteiger partial charge in [-0.3, -0.25) is 0 Å². The molecule has 0 bridgehead atoms. The van der Waals surface area contributed by atoms with Crippen molar-refractivity contribution in [2.24, 2.45) is 0 Å². The molecule has 2 heteroatoms. The van der Waals surface area contributed by atoms with E-state index < -0.39 is 0 Å². The van der Waals surface area contributed by atoms with E-state index >= 15 is 0 Å². The van der Waals surface area contributed by atoms with Crippen molar-refractivity contribution in [3.05, 3.63) is 47.7 Å². The second kappa shape index (κ2) is 4.12. The molecule has 0 saturated carbocycles. The van der Waals surface area contributed by atoms with Gasteiger partial charge in [0.25, 0.3) is 0 Å². The number of benzene rings is 1. The average molecular weight is 218 g/mol. The molecule has 1 heterocycles. The lowest BCUT2D eigenvalue weighted by Crippen LogP contribution is -1.91. The highest BCUT2D eigenvalue weighted by Crippen LogP contribution is 2.32. The average Bonchev–Trinajstić information content (AvgIpc) is 2.70. The first-order chi connectivity index (χ1) is 7.59. The van der Waals surface area contributed by atoms with Crippen LogP contribution >= 0.6 is 0 Å². The molecule has 0 amide bonds. The van der Waals surface area contributed by atoms with Crippen molar-refractivity contribution >= 4 is 0 Å². The lowest BCUT2D eigenvalue weighted by molar-refractivity contribution is 0.488. The molecule has 0 radical (unpaired) electrons. The van der Waals surface area contributed by atoms with Gasteiger partial charge in [0.1, 0.15) is 11.6 Å². The predicted molar refractivity (Wildman–Crippen MR) is 62.9 cm³/mol. The Kier molecular flexibility index (Phi) is 2.82. The summed E-state index contributed by atoms with van der Waals surface area (Å²) >= 11 is 0. The first-order valence-corrected chi connectivity index (χ1v) is 5.43. The molecule has 0 aliphatic heterocycles. The fourth-order valence-electron chi connectivity index (χ4n) is 1.84. The van der Waals surface area contributed by atoms with Gasteiger partial charge in [0.2, 0.25) is 0 Å². The van der Waals surface area contributed by atoms with Crippen molar-refractivity contribution in [3.63, 3.8) is 0 Å². The van der Waals surface area contributed by atoms with Gasteiger partial charge in [0, 0.05) is 17.0 Å². The first-order valence-electron chi connectivity index (χ1n) is 5.43. The Morgan fingerprint density at radius 3 is 2.56 bits per heavy atom. The van der Waals surface area contributed by atoms with E-state index in [0.29, 0.717) is 5.56 Å². The lowest BCUT2D eigenvalue weighted by Gasteiger charge is -2.07. The van der Waals surface area contributed by atoms with E-state index in [2.05, 4.69) is 0 Å². The van der Waals surface area contributed by atoms with Gasteiger partial charge < -0.3 is 4.42 Å². The van der Waals surface area contributed by atoms with E-state index in [4.69, 9.17) is 4.42 Å². The standard InChI is InChI=1S/C14H15FO/c1-9(2)14-11(6-7-16-14)12-8-10(3)4-5-13(12)15/h4-9H,1-3H3. The Labute approximate surface area is 94.9 Å². The zero-order chi connectivity index (χ0) is 11.7. The van der Waals surface area contributed by atoms with Gasteiger partial charge in [-0.2, -0.15) is 0 Å². The molecule has 0 unspecified atom stereocenters. The van der Waals surface area contributed by atoms with Crippen LogP contribution in [0.2, 0.25) is 0 Å². The molecule has 2 rings (SSSR count). The molecule has 0 N–H and O–H groups in total. The Hall–Kier alpha value is -1.57. The number of hydrogen-bond donors (Lipinski definition) is 0. The van der Waals surface area contributed by atoms with E-state index in [0.717, 1.165) is 16.9 Å². The van der Waals surface area contributed by atoms with Crippen LogP contribution in [-0.4, -0.2) is 0 Å². The number of halogens is 1. The second-order valence-electron chi connectivity index (χ2n) is 4.34. The fourth-order valence-corrected chi connectivity index (χ4v) is 1.84. The molecule has 0 aliphatic rings. The molecule has 0 fully saturated rings. The summed E-state index contributed by atoms with van der Waals surface area (Å²) in [6.45, 7) is 6.03. The van der Waals surface area contributed by atoms with E-state index in [1.165, 1.54) is 6.07 Å². The molecule has 16 heavy (non-hydrogen) atoms. The van der Waals surface area contributed by atoms with Crippen LogP contribution in [0, 0.1) is 12.7 Å². The van der Waals surface area contributed by atoms with Gasteiger partial charge >= 0.3 is 0 Å². The maximum absolute atomic E-state index is 13.7. The Balaban J connectivity index is 2.58. The van der Waals surface area contributed by atoms with Crippen LogP contribution in [0.1, 0.15) is 31.1 Å². The van der Waals surface area contributed by atoms with Crippen LogP contribution in [0.25, 0.3) is 11.1 Å². The van der Waals surface area contributed by atoms with Crippen LogP contribution in [0.3, 0.4) is 0 Å². The van der Waals surface area contributed by atoms with Crippen molar-refractivity contribution in [1.29, 1.82) is 0 Å². The molecule has 0 atom stereocenters. The zero-order valence-electron chi connectivity index (χ0n) is 9.75. The SMILES string of the molecule is Cc1ccc(F)c(-c2ccoc2C(C)C)c1. The predicted octanol–water partition coefficient (Wildman–Crippen LogP) is 4.52. The van der Waals surface area contributed by atoms with Crippen molar-refractivity contribution in [3.8, 4) is 11.1 Å². The van der Waals surface area contributed by atoms with E-state index in [1.807, 2.05) is 32.9 Å². The summed E-state index contributed by atoms with van der Waals surface area (Å²) in [6, 6.07) is 6.95. The maximum Gasteiger partial charge on any atom is 0.131 e. The van der Waals surface area contributed by atoms with Gasteiger partial charge in [0.15, 0.2) is 0 Å². The van der Waals surface area contributed by atoms with Crippen molar-refractivity contribution in [2.45, 2.75) is 26.7 Å². The monoisotopic (exact) mass is 218 g/mol. The van der Waals surface area contributed by atoms with Crippen LogP contribution in [0.15, 0.2) is 34.9 Å². The summed E-state index contributed by atoms with van der Waals surface area (Å²) < 4.78 is 19.1. The van der Waals surface area contributed by atoms with E-state index in [-0.39, 0.29) is 11.7 Å². The summed E-state index contributed by atoms with van der Waals surface area (Å²) in [7, 11) is 0. The van der Waals surface area contributed by atoms with E-state index in [1.54, 1.807) is 12.3 Å². The molecule has 1 aromatic heterocycles. The maximum atomic E-state index is 13.7. The molecule has 84 valence electrons. The molecule has 1 aromatic carbocycles. The topological polar surface area (TPSA) is 13.1 Å². The minimum absolute atomic E-state index is 0.200. The third kappa shape index (κ3) is 1.87. The van der Waals surface area contributed by atoms with Crippen molar-refractivity contribution in [1.82, 2.24) is 0 Å². The Morgan fingerprint density at radius 1 is 1.12 bits per heavy atom. The van der Waals surface area contributed by atoms with Gasteiger partial charge in [0.05, 0.1) is 6.26 Å². The van der Waals surface area contributed by atoms with Gasteiger partial charge in [-0.25, -0.2) is 4.39 Å². The zero-order valence-corrected chi connectivity index (χ0v) is 9.75. The van der Waals surface area contributed by atoms with Crippen LogP contribution in [0.5, 0.6) is 0 Å². The first kappa shape index (κ1) is 10.9. The van der Waals surface area contributed by atoms with Crippen LogP contribution in [0.4, 0.5) is 4.39 Å². The highest BCUT2D eigenvalue weighted by Gasteiger charge is 2.15. The third-order valence-electron chi connectivity index (χ3n) is 2.63. The third-order valence-corrected chi connectivity index (χ3v) is 2.63. The normalized spacial score (nSPS) is 11.1. The minimum atomic E-state index is -0.200. The van der Waals surface area contributed by atoms with E-state index in [9.17, 15) is 4.39 Å². The summed E-state index contributed by atoms with van der Waals surface area (Å²) in [5, 5.41) is 0. The van der Waals surface area contributed by atoms with Gasteiger partial charge in [-0.1, -0.05) is 25.5 Å². The van der Waals surface area contributed by atoms with Gasteiger partial charge in [-0.15, -0.1) is 0 Å². The highest BCUT2D eigenvalue weighted by molar-refractivity contribution is 5.67. The largest absolute Gasteiger partial charge is 0.468 e. The molecule has 1 nitrogen and oxygen atoms in total. The van der Waals surface area contributed by atoms with Crippen molar-refractivity contribution < 1.29 is 8.81 Å². The summed E-state index contributed by atoms with van der Waals surface area (Å²) in [6.07, 6.45) is 1.62. The van der Waals surface area contributed by atoms with Crippen molar-refractivity contribution in [2.75, 3.05) is 0 Å². The Morgan fingerprint density at radius 2 is 1.88 bits per heavy atom. The second-order valence-corrected chi connectivity index (χ2v) is 4.34. The Bertz CT molecular complexity index is 497. The molecule has 2 aromatic rings. The number of aryl methyl sites for hydroxylation is 1. The number of furan rings is 1. The molecule has 0 spiro atoms. The summed E-state index contributed by atoms with van der Waals surface area (Å²) in [5.74, 6) is 0.892. The smallest absolute Gasteiger partial charge is 0.131 e. The minimum Gasteiger partial charge on any atom is -0.468 e. The molecule has 0 saturated heterocycles. The van der Waals surface area contributed by atoms with Gasteiger partial charge in [-0.05, 0) is 25.1 Å². The molecular formula is C14H15FO. The quantitative estimate of drug-likeness (QED) is 0.722. The lowest BCUT2D eigenvalue weighted by atomic mass is 9.99. The van der Waals surface area contributed by atoms with Crippen LogP contribution < -0.4 is 0 Å². The number of hydrogen-bond acceptors (Lipinski definition) is 1. The number of rotatable bonds is 2. The summed E-state index contributed by atoms with van der Waals surface area (Å²) in [4.78, 5) is 0. The fraction of sp³-hybridized carbons (Fsp3) is 0.286.